The summed E-state index contributed by atoms with van der Waals surface area (Å²) in [7, 11) is 0. The first-order chi connectivity index (χ1) is 11.5. The predicted octanol–water partition coefficient (Wildman–Crippen LogP) is 0.875. The van der Waals surface area contributed by atoms with Crippen molar-refractivity contribution in [2.75, 3.05) is 32.7 Å². The molecular weight excluding hydrogens is 344 g/mol. The maximum Gasteiger partial charge on any atom is 0.325 e. The molecule has 0 unspecified atom stereocenters. The van der Waals surface area contributed by atoms with E-state index in [1.165, 1.54) is 6.42 Å². The van der Waals surface area contributed by atoms with E-state index in [0.717, 1.165) is 56.8 Å². The highest BCUT2D eigenvalue weighted by atomic mass is 35.5. The topological polar surface area (TPSA) is 81.8 Å². The number of amides is 4. The second-order valence-corrected chi connectivity index (χ2v) is 7.92. The van der Waals surface area contributed by atoms with Crippen LogP contribution in [0.4, 0.5) is 4.79 Å². The van der Waals surface area contributed by atoms with Gasteiger partial charge < -0.3 is 15.5 Å². The van der Waals surface area contributed by atoms with Crippen molar-refractivity contribution in [2.45, 2.75) is 50.5 Å². The fourth-order valence-electron chi connectivity index (χ4n) is 4.83. The van der Waals surface area contributed by atoms with E-state index in [4.69, 9.17) is 0 Å². The van der Waals surface area contributed by atoms with Crippen LogP contribution in [0.2, 0.25) is 0 Å². The van der Waals surface area contributed by atoms with Gasteiger partial charge in [-0.25, -0.2) is 4.79 Å². The van der Waals surface area contributed by atoms with E-state index in [1.54, 1.807) is 0 Å². The van der Waals surface area contributed by atoms with Crippen molar-refractivity contribution in [3.63, 3.8) is 0 Å². The van der Waals surface area contributed by atoms with Crippen molar-refractivity contribution in [2.24, 2.45) is 5.41 Å². The highest BCUT2D eigenvalue weighted by Crippen LogP contribution is 2.37. The van der Waals surface area contributed by atoms with Gasteiger partial charge in [-0.05, 0) is 44.1 Å². The first-order valence-corrected chi connectivity index (χ1v) is 9.16. The number of urea groups is 1. The van der Waals surface area contributed by atoms with Gasteiger partial charge in [0.2, 0.25) is 5.91 Å². The molecule has 1 saturated carbocycles. The summed E-state index contributed by atoms with van der Waals surface area (Å²) in [6.45, 7) is 3.46. The molecule has 4 fully saturated rings. The fraction of sp³-hybridized carbons (Fsp3) is 0.824. The third-order valence-corrected chi connectivity index (χ3v) is 6.51. The average Bonchev–Trinajstić information content (AvgIpc) is 3.27. The molecule has 2 spiro atoms. The van der Waals surface area contributed by atoms with Gasteiger partial charge in [-0.3, -0.25) is 14.5 Å². The summed E-state index contributed by atoms with van der Waals surface area (Å²) in [5.41, 5.74) is -0.371. The predicted molar refractivity (Wildman–Crippen MR) is 94.4 cm³/mol. The minimum Gasteiger partial charge on any atom is -0.341 e. The Labute approximate surface area is 154 Å². The number of carbonyl (C=O) groups is 3. The molecule has 8 heteroatoms. The van der Waals surface area contributed by atoms with E-state index in [9.17, 15) is 14.4 Å². The van der Waals surface area contributed by atoms with Crippen LogP contribution in [0.25, 0.3) is 0 Å². The van der Waals surface area contributed by atoms with Crippen LogP contribution in [0.1, 0.15) is 44.9 Å². The summed E-state index contributed by atoms with van der Waals surface area (Å²) >= 11 is 0. The van der Waals surface area contributed by atoms with Crippen LogP contribution in [0.3, 0.4) is 0 Å². The molecular formula is C17H27ClN4O3. The lowest BCUT2D eigenvalue weighted by Crippen LogP contribution is -2.49. The summed E-state index contributed by atoms with van der Waals surface area (Å²) in [6.07, 6.45) is 6.51. The molecule has 2 N–H and O–H groups in total. The summed E-state index contributed by atoms with van der Waals surface area (Å²) in [4.78, 5) is 40.4. The van der Waals surface area contributed by atoms with Gasteiger partial charge in [-0.15, -0.1) is 12.4 Å². The normalized spacial score (nSPS) is 27.0. The Morgan fingerprint density at radius 2 is 1.72 bits per heavy atom. The van der Waals surface area contributed by atoms with Gasteiger partial charge in [0.15, 0.2) is 0 Å². The molecule has 4 rings (SSSR count). The summed E-state index contributed by atoms with van der Waals surface area (Å²) in [5, 5.41) is 6.25. The number of likely N-dealkylation sites (tertiary alicyclic amines) is 1. The first-order valence-electron chi connectivity index (χ1n) is 9.16. The molecule has 0 aromatic rings. The number of halogens is 1. The number of imide groups is 1. The molecule has 0 bridgehead atoms. The molecule has 4 aliphatic rings. The monoisotopic (exact) mass is 370 g/mol. The number of hydrogen-bond donors (Lipinski definition) is 2. The molecule has 0 radical (unpaired) electrons. The van der Waals surface area contributed by atoms with Gasteiger partial charge in [-0.1, -0.05) is 12.8 Å². The first kappa shape index (κ1) is 18.5. The van der Waals surface area contributed by atoms with Gasteiger partial charge in [0.05, 0.1) is 0 Å². The molecule has 7 nitrogen and oxygen atoms in total. The van der Waals surface area contributed by atoms with E-state index in [1.807, 2.05) is 4.90 Å². The Bertz CT molecular complexity index is 560. The quantitative estimate of drug-likeness (QED) is 0.707. The van der Waals surface area contributed by atoms with Crippen molar-refractivity contribution >= 4 is 30.3 Å². The van der Waals surface area contributed by atoms with Crippen LogP contribution in [0.5, 0.6) is 0 Å². The Balaban J connectivity index is 0.00000182. The number of nitrogens with one attached hydrogen (secondary N) is 2. The number of nitrogens with zero attached hydrogens (tertiary/aromatic N) is 2. The molecule has 3 heterocycles. The third-order valence-electron chi connectivity index (χ3n) is 6.51. The van der Waals surface area contributed by atoms with Crippen molar-refractivity contribution in [3.05, 3.63) is 0 Å². The van der Waals surface area contributed by atoms with Crippen LogP contribution >= 0.6 is 12.4 Å². The van der Waals surface area contributed by atoms with E-state index in [-0.39, 0.29) is 30.8 Å². The number of carbonyl (C=O) groups excluding carboxylic acids is 3. The van der Waals surface area contributed by atoms with Gasteiger partial charge in [-0.2, -0.15) is 0 Å². The lowest BCUT2D eigenvalue weighted by atomic mass is 9.78. The highest BCUT2D eigenvalue weighted by Gasteiger charge is 2.53. The Morgan fingerprint density at radius 3 is 2.32 bits per heavy atom. The molecule has 0 aromatic carbocycles. The lowest BCUT2D eigenvalue weighted by Gasteiger charge is -2.39. The minimum absolute atomic E-state index is 0. The van der Waals surface area contributed by atoms with Gasteiger partial charge in [0.25, 0.3) is 5.91 Å². The van der Waals surface area contributed by atoms with Gasteiger partial charge in [0.1, 0.15) is 12.1 Å². The van der Waals surface area contributed by atoms with E-state index in [2.05, 4.69) is 10.6 Å². The fourth-order valence-corrected chi connectivity index (χ4v) is 4.83. The van der Waals surface area contributed by atoms with Crippen LogP contribution in [0, 0.1) is 5.41 Å². The lowest BCUT2D eigenvalue weighted by molar-refractivity contribution is -0.140. The molecule has 4 amide bonds. The van der Waals surface area contributed by atoms with Crippen LogP contribution in [0.15, 0.2) is 0 Å². The van der Waals surface area contributed by atoms with Crippen molar-refractivity contribution in [1.29, 1.82) is 0 Å². The van der Waals surface area contributed by atoms with Crippen molar-refractivity contribution in [1.82, 2.24) is 20.4 Å². The summed E-state index contributed by atoms with van der Waals surface area (Å²) in [5.74, 6) is -0.304. The van der Waals surface area contributed by atoms with E-state index >= 15 is 0 Å². The third kappa shape index (κ3) is 3.12. The van der Waals surface area contributed by atoms with E-state index in [0.29, 0.717) is 18.3 Å². The zero-order valence-corrected chi connectivity index (χ0v) is 15.3. The van der Waals surface area contributed by atoms with Crippen molar-refractivity contribution < 1.29 is 14.4 Å². The van der Waals surface area contributed by atoms with Gasteiger partial charge >= 0.3 is 6.03 Å². The number of piperidine rings is 1. The summed E-state index contributed by atoms with van der Waals surface area (Å²) < 4.78 is 0. The maximum absolute atomic E-state index is 12.6. The maximum atomic E-state index is 12.6. The average molecular weight is 371 g/mol. The highest BCUT2D eigenvalue weighted by molar-refractivity contribution is 6.09. The molecule has 3 saturated heterocycles. The second kappa shape index (κ2) is 6.76. The summed E-state index contributed by atoms with van der Waals surface area (Å²) in [6, 6.07) is -0.399. The standard InChI is InChI=1S/C17H26N4O3.ClH/c22-13(20-9-6-16(7-10-20)5-8-18-12-16)11-21-14(23)17(19-15(21)24)3-1-2-4-17;/h18H,1-12H2,(H,19,24);1H. The molecule has 0 atom stereocenters. The van der Waals surface area contributed by atoms with Crippen molar-refractivity contribution in [3.8, 4) is 0 Å². The number of rotatable bonds is 2. The van der Waals surface area contributed by atoms with Crippen LogP contribution in [-0.4, -0.2) is 65.9 Å². The Morgan fingerprint density at radius 1 is 1.04 bits per heavy atom. The smallest absolute Gasteiger partial charge is 0.325 e. The zero-order chi connectivity index (χ0) is 16.8. The molecule has 1 aliphatic carbocycles. The number of hydrogen-bond acceptors (Lipinski definition) is 4. The molecule has 0 aromatic heterocycles. The minimum atomic E-state index is -0.723. The molecule has 140 valence electrons. The zero-order valence-electron chi connectivity index (χ0n) is 14.5. The SMILES string of the molecule is Cl.O=C(CN1C(=O)NC2(CCCC2)C1=O)N1CCC2(CCNC2)CC1. The largest absolute Gasteiger partial charge is 0.341 e. The van der Waals surface area contributed by atoms with Gasteiger partial charge in [0, 0.05) is 19.6 Å². The Kier molecular flexibility index (Phi) is 4.99. The van der Waals surface area contributed by atoms with Crippen LogP contribution in [-0.2, 0) is 9.59 Å². The Hall–Kier alpha value is -1.34. The van der Waals surface area contributed by atoms with E-state index < -0.39 is 11.6 Å². The van der Waals surface area contributed by atoms with Crippen LogP contribution < -0.4 is 10.6 Å². The molecule has 3 aliphatic heterocycles. The second-order valence-electron chi connectivity index (χ2n) is 7.92. The molecule has 25 heavy (non-hydrogen) atoms.